The summed E-state index contributed by atoms with van der Waals surface area (Å²) >= 11 is 6.38. The first kappa shape index (κ1) is 17.2. The van der Waals surface area contributed by atoms with Gasteiger partial charge in [-0.3, -0.25) is 14.4 Å². The van der Waals surface area contributed by atoms with Crippen LogP contribution in [0.25, 0.3) is 0 Å². The van der Waals surface area contributed by atoms with Gasteiger partial charge in [-0.15, -0.1) is 0 Å². The topological polar surface area (TPSA) is 38.1 Å². The van der Waals surface area contributed by atoms with E-state index in [4.69, 9.17) is 11.6 Å². The Hall–Kier alpha value is -0.870. The van der Waals surface area contributed by atoms with E-state index in [1.807, 2.05) is 51.4 Å². The van der Waals surface area contributed by atoms with E-state index in [1.165, 1.54) is 0 Å². The maximum atomic E-state index is 12.7. The van der Waals surface area contributed by atoms with Crippen molar-refractivity contribution in [3.8, 4) is 0 Å². The van der Waals surface area contributed by atoms with Crippen LogP contribution in [0.15, 0.2) is 0 Å². The third kappa shape index (κ3) is 3.07. The second-order valence-corrected chi connectivity index (χ2v) is 5.88. The molecule has 1 rings (SSSR count). The number of hydrogen-bond acceptors (Lipinski definition) is 3. The Morgan fingerprint density at radius 3 is 2.35 bits per heavy atom. The largest absolute Gasteiger partial charge is 0.297 e. The highest BCUT2D eigenvalue weighted by atomic mass is 35.5. The molecule has 0 amide bonds. The lowest BCUT2D eigenvalue weighted by atomic mass is 9.89. The second-order valence-electron chi connectivity index (χ2n) is 5.50. The van der Waals surface area contributed by atoms with Crippen molar-refractivity contribution in [3.05, 3.63) is 16.4 Å². The molecule has 0 bridgehead atoms. The van der Waals surface area contributed by atoms with Gasteiger partial charge in [-0.1, -0.05) is 25.4 Å². The van der Waals surface area contributed by atoms with Gasteiger partial charge in [0.1, 0.15) is 0 Å². The monoisotopic (exact) mass is 299 g/mol. The molecule has 0 aliphatic carbocycles. The van der Waals surface area contributed by atoms with Gasteiger partial charge < -0.3 is 0 Å². The minimum Gasteiger partial charge on any atom is -0.297 e. The number of likely N-dealkylation sites (N-methyl/N-ethyl adjacent to an activating group) is 1. The van der Waals surface area contributed by atoms with Crippen LogP contribution in [0.2, 0.25) is 5.02 Å². The molecule has 0 aliphatic heterocycles. The highest BCUT2D eigenvalue weighted by Gasteiger charge is 2.34. The predicted octanol–water partition coefficient (Wildman–Crippen LogP) is 2.96. The molecule has 0 fully saturated rings. The van der Waals surface area contributed by atoms with Crippen LogP contribution < -0.4 is 0 Å². The van der Waals surface area contributed by atoms with Crippen LogP contribution >= 0.6 is 11.6 Å². The molecule has 1 aromatic heterocycles. The Labute approximate surface area is 127 Å². The smallest absolute Gasteiger partial charge is 0.158 e. The van der Waals surface area contributed by atoms with E-state index >= 15 is 0 Å². The Morgan fingerprint density at radius 2 is 1.95 bits per heavy atom. The molecule has 1 atom stereocenters. The van der Waals surface area contributed by atoms with E-state index in [1.54, 1.807) is 0 Å². The van der Waals surface area contributed by atoms with Crippen molar-refractivity contribution >= 4 is 17.4 Å². The summed E-state index contributed by atoms with van der Waals surface area (Å²) in [5.74, 6) is 0.184. The number of aryl methyl sites for hydroxylation is 2. The minimum absolute atomic E-state index is 0.184. The normalized spacial score (nSPS) is 14.6. The number of nitrogens with zero attached hydrogens (tertiary/aromatic N) is 3. The Balaban J connectivity index is 3.10. The summed E-state index contributed by atoms with van der Waals surface area (Å²) in [4.78, 5) is 14.7. The number of rotatable bonds is 7. The highest BCUT2D eigenvalue weighted by Crippen LogP contribution is 2.26. The molecule has 0 N–H and O–H groups in total. The van der Waals surface area contributed by atoms with Crippen molar-refractivity contribution < 1.29 is 4.79 Å². The van der Waals surface area contributed by atoms with Crippen LogP contribution in [0.5, 0.6) is 0 Å². The zero-order valence-corrected chi connectivity index (χ0v) is 14.2. The summed E-state index contributed by atoms with van der Waals surface area (Å²) in [6, 6.07) is 0. The van der Waals surface area contributed by atoms with Gasteiger partial charge in [-0.05, 0) is 40.8 Å². The number of ketones is 1. The van der Waals surface area contributed by atoms with Gasteiger partial charge >= 0.3 is 0 Å². The molecule has 20 heavy (non-hydrogen) atoms. The summed E-state index contributed by atoms with van der Waals surface area (Å²) in [5, 5.41) is 5.12. The van der Waals surface area contributed by atoms with Crippen molar-refractivity contribution in [1.29, 1.82) is 0 Å². The Morgan fingerprint density at radius 1 is 1.35 bits per heavy atom. The number of Topliss-reactive ketones (excluding diaryl/α,β-unsaturated/α-hetero) is 1. The van der Waals surface area contributed by atoms with Crippen molar-refractivity contribution in [3.63, 3.8) is 0 Å². The molecule has 1 aromatic rings. The lowest BCUT2D eigenvalue weighted by Gasteiger charge is -2.34. The number of carbonyl (C=O) groups excluding carboxylic acids is 1. The Bertz CT molecular complexity index is 482. The average molecular weight is 300 g/mol. The van der Waals surface area contributed by atoms with Gasteiger partial charge in [0.25, 0.3) is 0 Å². The van der Waals surface area contributed by atoms with E-state index in [9.17, 15) is 4.79 Å². The summed E-state index contributed by atoms with van der Waals surface area (Å²) in [6.07, 6.45) is 1.89. The summed E-state index contributed by atoms with van der Waals surface area (Å²) < 4.78 is 1.85. The molecule has 0 spiro atoms. The first-order valence-electron chi connectivity index (χ1n) is 7.26. The Kier molecular flexibility index (Phi) is 5.78. The number of halogens is 1. The van der Waals surface area contributed by atoms with Gasteiger partial charge in [-0.2, -0.15) is 5.10 Å². The molecule has 0 aromatic carbocycles. The highest BCUT2D eigenvalue weighted by molar-refractivity contribution is 6.32. The maximum absolute atomic E-state index is 12.7. The van der Waals surface area contributed by atoms with E-state index in [2.05, 4.69) is 5.10 Å². The van der Waals surface area contributed by atoms with Crippen LogP contribution in [-0.2, 0) is 24.2 Å². The van der Waals surface area contributed by atoms with Gasteiger partial charge in [-0.25, -0.2) is 0 Å². The lowest BCUT2D eigenvalue weighted by Crippen LogP contribution is -2.48. The van der Waals surface area contributed by atoms with Gasteiger partial charge in [0.05, 0.1) is 28.4 Å². The fourth-order valence-electron chi connectivity index (χ4n) is 2.29. The molecule has 0 aliphatic rings. The van der Waals surface area contributed by atoms with Gasteiger partial charge in [0, 0.05) is 6.54 Å². The van der Waals surface area contributed by atoms with Crippen LogP contribution in [0.1, 0.15) is 45.5 Å². The van der Waals surface area contributed by atoms with Gasteiger partial charge in [0.2, 0.25) is 0 Å². The van der Waals surface area contributed by atoms with Crippen molar-refractivity contribution in [1.82, 2.24) is 14.7 Å². The SMILES string of the molecule is CCc1nn(CC)c(CC(=O)C(C)(CC)N(C)C)c1Cl. The van der Waals surface area contributed by atoms with Crippen molar-refractivity contribution in [2.24, 2.45) is 0 Å². The molecule has 4 nitrogen and oxygen atoms in total. The number of aromatic nitrogens is 2. The third-order valence-corrected chi connectivity index (χ3v) is 4.73. The molecule has 0 saturated heterocycles. The second kappa shape index (κ2) is 6.72. The average Bonchev–Trinajstić information content (AvgIpc) is 2.73. The summed E-state index contributed by atoms with van der Waals surface area (Å²) in [5.41, 5.74) is 1.26. The lowest BCUT2D eigenvalue weighted by molar-refractivity contribution is -0.128. The van der Waals surface area contributed by atoms with Crippen molar-refractivity contribution in [2.75, 3.05) is 14.1 Å². The first-order valence-corrected chi connectivity index (χ1v) is 7.64. The summed E-state index contributed by atoms with van der Waals surface area (Å²) in [6.45, 7) is 8.79. The molecular weight excluding hydrogens is 274 g/mol. The maximum Gasteiger partial charge on any atom is 0.158 e. The third-order valence-electron chi connectivity index (χ3n) is 4.30. The quantitative estimate of drug-likeness (QED) is 0.777. The number of hydrogen-bond donors (Lipinski definition) is 0. The molecular formula is C15H26ClN3O. The molecule has 5 heteroatoms. The molecule has 0 radical (unpaired) electrons. The standard InChI is InChI=1S/C15H26ClN3O/c1-7-11-14(16)12(19(9-3)17-11)10-13(20)15(4,8-2)18(5)6/h7-10H2,1-6H3. The summed E-state index contributed by atoms with van der Waals surface area (Å²) in [7, 11) is 3.88. The van der Waals surface area contributed by atoms with Gasteiger partial charge in [0.15, 0.2) is 5.78 Å². The van der Waals surface area contributed by atoms with Crippen LogP contribution in [0.3, 0.4) is 0 Å². The fourth-order valence-corrected chi connectivity index (χ4v) is 2.63. The predicted molar refractivity (Wildman–Crippen MR) is 83.4 cm³/mol. The zero-order valence-electron chi connectivity index (χ0n) is 13.5. The fraction of sp³-hybridized carbons (Fsp3) is 0.733. The van der Waals surface area contributed by atoms with E-state index in [0.29, 0.717) is 11.4 Å². The van der Waals surface area contributed by atoms with E-state index < -0.39 is 5.54 Å². The first-order chi connectivity index (χ1) is 9.31. The van der Waals surface area contributed by atoms with Crippen LogP contribution in [-0.4, -0.2) is 40.1 Å². The van der Waals surface area contributed by atoms with E-state index in [0.717, 1.165) is 30.8 Å². The zero-order chi connectivity index (χ0) is 15.5. The minimum atomic E-state index is -0.460. The molecule has 0 saturated carbocycles. The molecule has 1 unspecified atom stereocenters. The van der Waals surface area contributed by atoms with Crippen LogP contribution in [0, 0.1) is 0 Å². The number of carbonyl (C=O) groups is 1. The molecule has 114 valence electrons. The van der Waals surface area contributed by atoms with Crippen LogP contribution in [0.4, 0.5) is 0 Å². The molecule has 1 heterocycles. The van der Waals surface area contributed by atoms with Crippen molar-refractivity contribution in [2.45, 2.75) is 59.0 Å². The van der Waals surface area contributed by atoms with E-state index in [-0.39, 0.29) is 5.78 Å².